The van der Waals surface area contributed by atoms with Crippen LogP contribution in [0.1, 0.15) is 40.8 Å². The molecule has 2 aromatic rings. The first-order valence-corrected chi connectivity index (χ1v) is 6.85. The van der Waals surface area contributed by atoms with Gasteiger partial charge >= 0.3 is 0 Å². The van der Waals surface area contributed by atoms with Crippen LogP contribution in [-0.4, -0.2) is 38.7 Å². The highest BCUT2D eigenvalue weighted by Gasteiger charge is 2.27. The Morgan fingerprint density at radius 2 is 2.30 bits per heavy atom. The standard InChI is InChI=1S/C14H18N4O2/c1-10-6-13(11(2)20-10)14(19)17-5-3-4-12(7-17)18-9-15-8-16-18/h6,8-9,12H,3-5,7H2,1-2H3/t12-/m0/s1. The van der Waals surface area contributed by atoms with E-state index in [1.165, 1.54) is 6.33 Å². The minimum Gasteiger partial charge on any atom is -0.466 e. The Morgan fingerprint density at radius 1 is 1.45 bits per heavy atom. The number of rotatable bonds is 2. The second kappa shape index (κ2) is 5.11. The Hall–Kier alpha value is -2.11. The van der Waals surface area contributed by atoms with Crippen LogP contribution in [0.5, 0.6) is 0 Å². The number of furan rings is 1. The lowest BCUT2D eigenvalue weighted by Gasteiger charge is -2.32. The van der Waals surface area contributed by atoms with Gasteiger partial charge in [-0.15, -0.1) is 0 Å². The molecule has 0 radical (unpaired) electrons. The monoisotopic (exact) mass is 274 g/mol. The number of aromatic nitrogens is 3. The fourth-order valence-electron chi connectivity index (χ4n) is 2.77. The quantitative estimate of drug-likeness (QED) is 0.839. The van der Waals surface area contributed by atoms with Crippen molar-refractivity contribution in [3.05, 3.63) is 35.8 Å². The summed E-state index contributed by atoms with van der Waals surface area (Å²) in [5.41, 5.74) is 0.668. The molecule has 6 heteroatoms. The third kappa shape index (κ3) is 2.33. The summed E-state index contributed by atoms with van der Waals surface area (Å²) >= 11 is 0. The van der Waals surface area contributed by atoms with E-state index in [1.54, 1.807) is 6.33 Å². The van der Waals surface area contributed by atoms with E-state index < -0.39 is 0 Å². The number of carbonyl (C=O) groups is 1. The van der Waals surface area contributed by atoms with Crippen LogP contribution in [0, 0.1) is 13.8 Å². The molecule has 6 nitrogen and oxygen atoms in total. The largest absolute Gasteiger partial charge is 0.466 e. The summed E-state index contributed by atoms with van der Waals surface area (Å²) < 4.78 is 7.29. The van der Waals surface area contributed by atoms with Gasteiger partial charge in [-0.2, -0.15) is 5.10 Å². The van der Waals surface area contributed by atoms with Crippen molar-refractivity contribution >= 4 is 5.91 Å². The molecule has 0 unspecified atom stereocenters. The van der Waals surface area contributed by atoms with Crippen LogP contribution in [0.25, 0.3) is 0 Å². The Balaban J connectivity index is 1.77. The molecule has 0 spiro atoms. The zero-order valence-corrected chi connectivity index (χ0v) is 11.7. The van der Waals surface area contributed by atoms with Crippen molar-refractivity contribution < 1.29 is 9.21 Å². The lowest BCUT2D eigenvalue weighted by atomic mass is 10.0. The molecule has 0 saturated carbocycles. The minimum atomic E-state index is 0.0455. The second-order valence-corrected chi connectivity index (χ2v) is 5.25. The van der Waals surface area contributed by atoms with Crippen molar-refractivity contribution in [2.24, 2.45) is 0 Å². The van der Waals surface area contributed by atoms with Crippen molar-refractivity contribution in [2.75, 3.05) is 13.1 Å². The number of piperidine rings is 1. The molecule has 0 N–H and O–H groups in total. The fraction of sp³-hybridized carbons (Fsp3) is 0.500. The van der Waals surface area contributed by atoms with Gasteiger partial charge < -0.3 is 9.32 Å². The molecule has 1 fully saturated rings. The maximum Gasteiger partial charge on any atom is 0.257 e. The van der Waals surface area contributed by atoms with E-state index in [0.29, 0.717) is 17.9 Å². The van der Waals surface area contributed by atoms with E-state index in [0.717, 1.165) is 25.1 Å². The molecule has 1 aliphatic heterocycles. The van der Waals surface area contributed by atoms with Crippen LogP contribution in [0.3, 0.4) is 0 Å². The fourth-order valence-corrected chi connectivity index (χ4v) is 2.77. The van der Waals surface area contributed by atoms with Gasteiger partial charge in [0, 0.05) is 13.1 Å². The summed E-state index contributed by atoms with van der Waals surface area (Å²) in [5.74, 6) is 1.51. The highest BCUT2D eigenvalue weighted by atomic mass is 16.3. The van der Waals surface area contributed by atoms with Gasteiger partial charge in [-0.1, -0.05) is 0 Å². The lowest BCUT2D eigenvalue weighted by molar-refractivity contribution is 0.0671. The van der Waals surface area contributed by atoms with Gasteiger partial charge in [0.15, 0.2) is 0 Å². The number of likely N-dealkylation sites (tertiary alicyclic amines) is 1. The van der Waals surface area contributed by atoms with Crippen LogP contribution in [0.15, 0.2) is 23.1 Å². The maximum atomic E-state index is 12.6. The van der Waals surface area contributed by atoms with Crippen molar-refractivity contribution in [3.8, 4) is 0 Å². The molecule has 20 heavy (non-hydrogen) atoms. The summed E-state index contributed by atoms with van der Waals surface area (Å²) in [6.07, 6.45) is 5.25. The third-order valence-electron chi connectivity index (χ3n) is 3.77. The van der Waals surface area contributed by atoms with E-state index in [-0.39, 0.29) is 11.9 Å². The Morgan fingerprint density at radius 3 is 2.95 bits per heavy atom. The highest BCUT2D eigenvalue weighted by molar-refractivity contribution is 5.95. The van der Waals surface area contributed by atoms with Gasteiger partial charge in [0.05, 0.1) is 11.6 Å². The van der Waals surface area contributed by atoms with Crippen molar-refractivity contribution in [2.45, 2.75) is 32.7 Å². The molecule has 3 rings (SSSR count). The molecule has 1 saturated heterocycles. The van der Waals surface area contributed by atoms with Gasteiger partial charge in [0.2, 0.25) is 0 Å². The molecule has 3 heterocycles. The average molecular weight is 274 g/mol. The van der Waals surface area contributed by atoms with Gasteiger partial charge in [-0.05, 0) is 32.8 Å². The van der Waals surface area contributed by atoms with Crippen LogP contribution < -0.4 is 0 Å². The molecule has 1 atom stereocenters. The summed E-state index contributed by atoms with van der Waals surface area (Å²) in [5, 5.41) is 4.18. The SMILES string of the molecule is Cc1cc(C(=O)N2CCC[C@H](n3cncn3)C2)c(C)o1. The zero-order valence-electron chi connectivity index (χ0n) is 11.7. The zero-order chi connectivity index (χ0) is 14.1. The first-order valence-electron chi connectivity index (χ1n) is 6.85. The number of aryl methyl sites for hydroxylation is 2. The molecule has 106 valence electrons. The number of amides is 1. The molecular formula is C14H18N4O2. The lowest BCUT2D eigenvalue weighted by Crippen LogP contribution is -2.40. The topological polar surface area (TPSA) is 64.2 Å². The maximum absolute atomic E-state index is 12.6. The van der Waals surface area contributed by atoms with Crippen LogP contribution in [0.2, 0.25) is 0 Å². The number of hydrogen-bond donors (Lipinski definition) is 0. The summed E-state index contributed by atoms with van der Waals surface area (Å²) in [7, 11) is 0. The van der Waals surface area contributed by atoms with Crippen LogP contribution >= 0.6 is 0 Å². The average Bonchev–Trinajstić information content (AvgIpc) is 3.08. The molecule has 1 amide bonds. The van der Waals surface area contributed by atoms with Crippen molar-refractivity contribution in [3.63, 3.8) is 0 Å². The first-order chi connectivity index (χ1) is 9.65. The summed E-state index contributed by atoms with van der Waals surface area (Å²) in [4.78, 5) is 18.4. The Labute approximate surface area is 117 Å². The van der Waals surface area contributed by atoms with E-state index in [9.17, 15) is 4.79 Å². The number of nitrogens with zero attached hydrogens (tertiary/aromatic N) is 4. The smallest absolute Gasteiger partial charge is 0.257 e. The Bertz CT molecular complexity index is 603. The predicted octanol–water partition coefficient (Wildman–Crippen LogP) is 1.97. The van der Waals surface area contributed by atoms with Crippen LogP contribution in [0.4, 0.5) is 0 Å². The van der Waals surface area contributed by atoms with Crippen molar-refractivity contribution in [1.82, 2.24) is 19.7 Å². The molecule has 0 aliphatic carbocycles. The van der Waals surface area contributed by atoms with Gasteiger partial charge in [0.25, 0.3) is 5.91 Å². The van der Waals surface area contributed by atoms with Gasteiger partial charge in [0.1, 0.15) is 24.2 Å². The van der Waals surface area contributed by atoms with Gasteiger partial charge in [-0.25, -0.2) is 9.67 Å². The second-order valence-electron chi connectivity index (χ2n) is 5.25. The predicted molar refractivity (Wildman–Crippen MR) is 72.4 cm³/mol. The van der Waals surface area contributed by atoms with Crippen LogP contribution in [-0.2, 0) is 0 Å². The summed E-state index contributed by atoms with van der Waals surface area (Å²) in [6, 6.07) is 2.03. The van der Waals surface area contributed by atoms with E-state index in [1.807, 2.05) is 29.5 Å². The van der Waals surface area contributed by atoms with E-state index >= 15 is 0 Å². The molecular weight excluding hydrogens is 256 g/mol. The van der Waals surface area contributed by atoms with E-state index in [4.69, 9.17) is 4.42 Å². The Kier molecular flexibility index (Phi) is 3.30. The molecule has 2 aromatic heterocycles. The van der Waals surface area contributed by atoms with Gasteiger partial charge in [-0.3, -0.25) is 4.79 Å². The molecule has 1 aliphatic rings. The minimum absolute atomic E-state index is 0.0455. The first kappa shape index (κ1) is 12.9. The normalized spacial score (nSPS) is 19.3. The highest BCUT2D eigenvalue weighted by Crippen LogP contribution is 2.23. The van der Waals surface area contributed by atoms with Crippen molar-refractivity contribution in [1.29, 1.82) is 0 Å². The number of carbonyl (C=O) groups excluding carboxylic acids is 1. The third-order valence-corrected chi connectivity index (χ3v) is 3.77. The molecule has 0 aromatic carbocycles. The molecule has 0 bridgehead atoms. The summed E-state index contributed by atoms with van der Waals surface area (Å²) in [6.45, 7) is 5.15. The van der Waals surface area contributed by atoms with E-state index in [2.05, 4.69) is 10.1 Å². The number of hydrogen-bond acceptors (Lipinski definition) is 4.